The van der Waals surface area contributed by atoms with Gasteiger partial charge in [-0.25, -0.2) is 0 Å². The molecule has 3 aromatic rings. The van der Waals surface area contributed by atoms with E-state index < -0.39 is 5.56 Å². The van der Waals surface area contributed by atoms with Gasteiger partial charge in [0, 0.05) is 27.8 Å². The summed E-state index contributed by atoms with van der Waals surface area (Å²) >= 11 is 12.7. The summed E-state index contributed by atoms with van der Waals surface area (Å²) in [7, 11) is 0. The molecule has 0 aliphatic carbocycles. The number of nitrogens with two attached hydrogens (primary N) is 1. The number of nitrogens with zero attached hydrogens (tertiary/aromatic N) is 2. The minimum Gasteiger partial charge on any atom is -0.490 e. The van der Waals surface area contributed by atoms with Crippen LogP contribution in [-0.2, 0) is 6.61 Å². The number of hydrogen-bond acceptors (Lipinski definition) is 6. The summed E-state index contributed by atoms with van der Waals surface area (Å²) in [5.41, 5.74) is 5.79. The molecule has 3 rings (SSSR count). The highest BCUT2D eigenvalue weighted by molar-refractivity contribution is 6.33. The number of H-pyrrole nitrogens is 1. The quantitative estimate of drug-likeness (QED) is 0.557. The number of ether oxygens (including phenoxy) is 2. The first-order chi connectivity index (χ1) is 14.9. The van der Waals surface area contributed by atoms with Gasteiger partial charge in [0.1, 0.15) is 35.7 Å². The van der Waals surface area contributed by atoms with Crippen LogP contribution in [0.25, 0.3) is 11.1 Å². The molecule has 1 aromatic heterocycles. The van der Waals surface area contributed by atoms with Gasteiger partial charge in [-0.2, -0.15) is 10.5 Å². The van der Waals surface area contributed by atoms with Gasteiger partial charge in [-0.05, 0) is 19.1 Å². The van der Waals surface area contributed by atoms with Crippen molar-refractivity contribution in [1.29, 1.82) is 10.5 Å². The Hall–Kier alpha value is -3.65. The van der Waals surface area contributed by atoms with Crippen molar-refractivity contribution in [1.82, 2.24) is 4.98 Å². The highest BCUT2D eigenvalue weighted by Crippen LogP contribution is 2.41. The molecule has 0 fully saturated rings. The molecule has 0 spiro atoms. The zero-order valence-electron chi connectivity index (χ0n) is 16.3. The van der Waals surface area contributed by atoms with Crippen LogP contribution in [0.5, 0.6) is 11.5 Å². The number of nitrogen functional groups attached to an aromatic ring is 1. The van der Waals surface area contributed by atoms with Crippen LogP contribution in [0.4, 0.5) is 5.82 Å². The monoisotopic (exact) mass is 454 g/mol. The molecule has 0 radical (unpaired) electrons. The molecule has 9 heteroatoms. The molecule has 0 aliphatic heterocycles. The Morgan fingerprint density at radius 1 is 1.03 bits per heavy atom. The van der Waals surface area contributed by atoms with Crippen molar-refractivity contribution in [3.63, 3.8) is 0 Å². The number of pyridine rings is 1. The minimum absolute atomic E-state index is 0.0369. The van der Waals surface area contributed by atoms with Crippen molar-refractivity contribution in [2.24, 2.45) is 0 Å². The highest BCUT2D eigenvalue weighted by atomic mass is 35.5. The fourth-order valence-corrected chi connectivity index (χ4v) is 3.43. The Morgan fingerprint density at radius 3 is 2.35 bits per heavy atom. The number of benzene rings is 2. The van der Waals surface area contributed by atoms with Crippen molar-refractivity contribution >= 4 is 29.0 Å². The number of anilines is 1. The maximum Gasteiger partial charge on any atom is 0.268 e. The van der Waals surface area contributed by atoms with E-state index in [2.05, 4.69) is 4.98 Å². The van der Waals surface area contributed by atoms with Gasteiger partial charge in [-0.1, -0.05) is 41.4 Å². The van der Waals surface area contributed by atoms with Crippen LogP contribution >= 0.6 is 23.2 Å². The van der Waals surface area contributed by atoms with E-state index >= 15 is 0 Å². The van der Waals surface area contributed by atoms with Gasteiger partial charge in [-0.15, -0.1) is 0 Å². The van der Waals surface area contributed by atoms with Crippen LogP contribution in [0.15, 0.2) is 41.2 Å². The lowest BCUT2D eigenvalue weighted by atomic mass is 9.96. The zero-order valence-corrected chi connectivity index (χ0v) is 17.8. The number of aromatic amines is 1. The van der Waals surface area contributed by atoms with Crippen molar-refractivity contribution in [3.05, 3.63) is 73.5 Å². The molecule has 156 valence electrons. The largest absolute Gasteiger partial charge is 0.490 e. The van der Waals surface area contributed by atoms with E-state index in [9.17, 15) is 15.3 Å². The molecule has 3 N–H and O–H groups in total. The molecule has 0 atom stereocenters. The van der Waals surface area contributed by atoms with Crippen LogP contribution in [0.3, 0.4) is 0 Å². The predicted molar refractivity (Wildman–Crippen MR) is 118 cm³/mol. The van der Waals surface area contributed by atoms with Crippen molar-refractivity contribution in [2.45, 2.75) is 13.5 Å². The first-order valence-corrected chi connectivity index (χ1v) is 9.85. The van der Waals surface area contributed by atoms with E-state index in [1.807, 2.05) is 30.3 Å². The molecule has 2 aromatic carbocycles. The molecular weight excluding hydrogens is 439 g/mol. The second kappa shape index (κ2) is 9.44. The topological polar surface area (TPSA) is 125 Å². The average molecular weight is 455 g/mol. The van der Waals surface area contributed by atoms with Crippen LogP contribution in [0.1, 0.15) is 23.6 Å². The molecular formula is C22H16Cl2N4O3. The predicted octanol–water partition coefficient (Wildman–Crippen LogP) is 4.65. The van der Waals surface area contributed by atoms with Gasteiger partial charge in [0.25, 0.3) is 5.56 Å². The molecule has 0 bridgehead atoms. The summed E-state index contributed by atoms with van der Waals surface area (Å²) in [6.07, 6.45) is 0. The molecule has 0 unspecified atom stereocenters. The molecule has 0 aliphatic rings. The molecule has 0 amide bonds. The second-order valence-corrected chi connectivity index (χ2v) is 7.12. The molecule has 1 heterocycles. The van der Waals surface area contributed by atoms with Crippen molar-refractivity contribution in [3.8, 4) is 34.8 Å². The van der Waals surface area contributed by atoms with Gasteiger partial charge in [0.15, 0.2) is 11.5 Å². The van der Waals surface area contributed by atoms with Gasteiger partial charge >= 0.3 is 0 Å². The smallest absolute Gasteiger partial charge is 0.268 e. The summed E-state index contributed by atoms with van der Waals surface area (Å²) in [4.78, 5) is 14.5. The standard InChI is InChI=1S/C22H16Cl2N4O3/c1-2-30-18-7-13(20-14(9-25)21(27)28-22(29)15(20)10-26)17(24)8-19(18)31-11-12-5-3-4-6-16(12)23/h3-8H,2,11H2,1H3,(H3,27,28,29). The summed E-state index contributed by atoms with van der Waals surface area (Å²) in [6, 6.07) is 14.0. The molecule has 0 saturated carbocycles. The Bertz CT molecular complexity index is 1290. The first kappa shape index (κ1) is 22.0. The van der Waals surface area contributed by atoms with E-state index in [1.165, 1.54) is 12.1 Å². The van der Waals surface area contributed by atoms with Crippen LogP contribution < -0.4 is 20.8 Å². The molecule has 0 saturated heterocycles. The van der Waals surface area contributed by atoms with Gasteiger partial charge in [0.2, 0.25) is 0 Å². The Labute approximate surface area is 188 Å². The van der Waals surface area contributed by atoms with Gasteiger partial charge in [-0.3, -0.25) is 4.79 Å². The number of aromatic nitrogens is 1. The summed E-state index contributed by atoms with van der Waals surface area (Å²) in [6.45, 7) is 2.27. The van der Waals surface area contributed by atoms with Crippen LogP contribution in [0, 0.1) is 22.7 Å². The van der Waals surface area contributed by atoms with Crippen LogP contribution in [-0.4, -0.2) is 11.6 Å². The number of rotatable bonds is 6. The number of hydrogen-bond donors (Lipinski definition) is 2. The SMILES string of the molecule is CCOc1cc(-c2c(C#N)c(N)[nH]c(=O)c2C#N)c(Cl)cc1OCc1ccccc1Cl. The van der Waals surface area contributed by atoms with Crippen molar-refractivity contribution in [2.75, 3.05) is 12.3 Å². The lowest BCUT2D eigenvalue weighted by molar-refractivity contribution is 0.269. The fraction of sp³-hybridized carbons (Fsp3) is 0.136. The number of halogens is 2. The van der Waals surface area contributed by atoms with E-state index in [-0.39, 0.29) is 39.7 Å². The minimum atomic E-state index is -0.720. The summed E-state index contributed by atoms with van der Waals surface area (Å²) < 4.78 is 11.6. The van der Waals surface area contributed by atoms with Crippen molar-refractivity contribution < 1.29 is 9.47 Å². The van der Waals surface area contributed by atoms with Gasteiger partial charge in [0.05, 0.1) is 11.6 Å². The van der Waals surface area contributed by atoms with E-state index in [4.69, 9.17) is 38.4 Å². The zero-order chi connectivity index (χ0) is 22.5. The number of nitriles is 2. The lowest BCUT2D eigenvalue weighted by Gasteiger charge is -2.17. The average Bonchev–Trinajstić information content (AvgIpc) is 2.74. The maximum absolute atomic E-state index is 12.2. The van der Waals surface area contributed by atoms with Gasteiger partial charge < -0.3 is 20.2 Å². The van der Waals surface area contributed by atoms with E-state index in [0.29, 0.717) is 23.1 Å². The second-order valence-electron chi connectivity index (χ2n) is 6.31. The third-order valence-corrected chi connectivity index (χ3v) is 5.09. The molecule has 7 nitrogen and oxygen atoms in total. The first-order valence-electron chi connectivity index (χ1n) is 9.10. The normalized spacial score (nSPS) is 10.2. The summed E-state index contributed by atoms with van der Waals surface area (Å²) in [5.74, 6) is 0.500. The number of nitrogens with one attached hydrogen (secondary N) is 1. The third-order valence-electron chi connectivity index (χ3n) is 4.41. The van der Waals surface area contributed by atoms with E-state index in [1.54, 1.807) is 13.0 Å². The Kier molecular flexibility index (Phi) is 6.71. The van der Waals surface area contributed by atoms with Crippen LogP contribution in [0.2, 0.25) is 10.0 Å². The van der Waals surface area contributed by atoms with E-state index in [0.717, 1.165) is 5.56 Å². The highest BCUT2D eigenvalue weighted by Gasteiger charge is 2.22. The third kappa shape index (κ3) is 4.44. The fourth-order valence-electron chi connectivity index (χ4n) is 2.99. The molecule has 31 heavy (non-hydrogen) atoms. The Balaban J connectivity index is 2.14. The Morgan fingerprint density at radius 2 is 1.71 bits per heavy atom. The summed E-state index contributed by atoms with van der Waals surface area (Å²) in [5, 5.41) is 19.8. The lowest BCUT2D eigenvalue weighted by Crippen LogP contribution is -2.16. The maximum atomic E-state index is 12.2.